The molecule has 0 fully saturated rings. The quantitative estimate of drug-likeness (QED) is 0.810. The first kappa shape index (κ1) is 17.7. The van der Waals surface area contributed by atoms with Gasteiger partial charge in [0.2, 0.25) is 0 Å². The number of ketones is 1. The van der Waals surface area contributed by atoms with E-state index in [1.165, 1.54) is 12.1 Å². The first-order chi connectivity index (χ1) is 11.5. The predicted octanol–water partition coefficient (Wildman–Crippen LogP) is 3.04. The molecule has 24 heavy (non-hydrogen) atoms. The minimum Gasteiger partial charge on any atom is -0.484 e. The molecule has 0 saturated carbocycles. The topological polar surface area (TPSA) is 55.4 Å². The Morgan fingerprint density at radius 2 is 1.62 bits per heavy atom. The molecule has 5 heteroatoms. The van der Waals surface area contributed by atoms with E-state index in [2.05, 4.69) is 5.32 Å². The smallest absolute Gasteiger partial charge is 0.258 e. The first-order valence-corrected chi connectivity index (χ1v) is 7.75. The van der Waals surface area contributed by atoms with Gasteiger partial charge in [0.15, 0.2) is 6.61 Å². The minimum atomic E-state index is -0.305. The van der Waals surface area contributed by atoms with E-state index in [0.717, 1.165) is 11.1 Å². The second-order valence-corrected chi connectivity index (χ2v) is 5.54. The van der Waals surface area contributed by atoms with Crippen LogP contribution in [0.25, 0.3) is 0 Å². The molecule has 1 amide bonds. The lowest BCUT2D eigenvalue weighted by Gasteiger charge is -2.08. The fourth-order valence-electron chi connectivity index (χ4n) is 2.08. The summed E-state index contributed by atoms with van der Waals surface area (Å²) in [5.74, 6) is 0.201. The molecule has 1 N–H and O–H groups in total. The number of rotatable bonds is 8. The molecule has 0 bridgehead atoms. The van der Waals surface area contributed by atoms with Crippen LogP contribution in [0.15, 0.2) is 48.5 Å². The van der Waals surface area contributed by atoms with E-state index in [1.807, 2.05) is 12.1 Å². The molecule has 0 unspecified atom stereocenters. The number of aryl methyl sites for hydroxylation is 1. The lowest BCUT2D eigenvalue weighted by atomic mass is 10.1. The molecule has 0 aromatic heterocycles. The molecule has 2 rings (SSSR count). The lowest BCUT2D eigenvalue weighted by Crippen LogP contribution is -2.28. The van der Waals surface area contributed by atoms with Crippen LogP contribution in [0.5, 0.6) is 5.75 Å². The van der Waals surface area contributed by atoms with Gasteiger partial charge in [0.1, 0.15) is 17.3 Å². The fraction of sp³-hybridized carbons (Fsp3) is 0.263. The third-order valence-corrected chi connectivity index (χ3v) is 3.46. The Labute approximate surface area is 140 Å². The van der Waals surface area contributed by atoms with Crippen molar-refractivity contribution in [2.24, 2.45) is 0 Å². The summed E-state index contributed by atoms with van der Waals surface area (Å²) in [6.45, 7) is 1.81. The number of Topliss-reactive ketones (excluding diaryl/α,β-unsaturated/α-hetero) is 1. The van der Waals surface area contributed by atoms with Gasteiger partial charge in [0.05, 0.1) is 0 Å². The molecule has 4 nitrogen and oxygen atoms in total. The van der Waals surface area contributed by atoms with Gasteiger partial charge in [0, 0.05) is 13.0 Å². The van der Waals surface area contributed by atoms with E-state index in [1.54, 1.807) is 31.2 Å². The van der Waals surface area contributed by atoms with Crippen molar-refractivity contribution in [3.8, 4) is 5.75 Å². The zero-order chi connectivity index (χ0) is 17.4. The van der Waals surface area contributed by atoms with Crippen molar-refractivity contribution in [1.29, 1.82) is 0 Å². The van der Waals surface area contributed by atoms with Crippen LogP contribution < -0.4 is 10.1 Å². The molecule has 126 valence electrons. The van der Waals surface area contributed by atoms with Gasteiger partial charge in [-0.25, -0.2) is 4.39 Å². The van der Waals surface area contributed by atoms with Crippen LogP contribution in [0.2, 0.25) is 0 Å². The molecule has 0 aliphatic carbocycles. The second-order valence-electron chi connectivity index (χ2n) is 5.54. The Kier molecular flexibility index (Phi) is 6.49. The van der Waals surface area contributed by atoms with E-state index >= 15 is 0 Å². The standard InChI is InChI=1S/C19H20FNO3/c1-14(22)2-3-15-6-10-18(11-7-15)24-13-19(23)21-12-16-4-8-17(20)9-5-16/h4-11H,2-3,12-13H2,1H3,(H,21,23). The van der Waals surface area contributed by atoms with E-state index < -0.39 is 0 Å². The van der Waals surface area contributed by atoms with Gasteiger partial charge >= 0.3 is 0 Å². The van der Waals surface area contributed by atoms with Gasteiger partial charge < -0.3 is 14.8 Å². The Morgan fingerprint density at radius 3 is 2.25 bits per heavy atom. The Balaban J connectivity index is 1.73. The van der Waals surface area contributed by atoms with Crippen molar-refractivity contribution in [2.45, 2.75) is 26.3 Å². The third kappa shape index (κ3) is 6.20. The normalized spacial score (nSPS) is 10.2. The summed E-state index contributed by atoms with van der Waals surface area (Å²) in [5, 5.41) is 2.71. The van der Waals surface area contributed by atoms with Crippen molar-refractivity contribution in [2.75, 3.05) is 6.61 Å². The van der Waals surface area contributed by atoms with Crippen LogP contribution in [0.1, 0.15) is 24.5 Å². The molecule has 0 saturated heterocycles. The minimum absolute atomic E-state index is 0.0893. The predicted molar refractivity (Wildman–Crippen MR) is 89.2 cm³/mol. The summed E-state index contributed by atoms with van der Waals surface area (Å²) in [6, 6.07) is 13.3. The average molecular weight is 329 g/mol. The highest BCUT2D eigenvalue weighted by atomic mass is 19.1. The zero-order valence-corrected chi connectivity index (χ0v) is 13.5. The molecular weight excluding hydrogens is 309 g/mol. The van der Waals surface area contributed by atoms with Gasteiger partial charge in [-0.15, -0.1) is 0 Å². The SMILES string of the molecule is CC(=O)CCc1ccc(OCC(=O)NCc2ccc(F)cc2)cc1. The second kappa shape index (κ2) is 8.82. The monoisotopic (exact) mass is 329 g/mol. The Bertz CT molecular complexity index is 681. The molecule has 0 radical (unpaired) electrons. The highest BCUT2D eigenvalue weighted by molar-refractivity contribution is 5.77. The number of ether oxygens (including phenoxy) is 1. The molecule has 2 aromatic rings. The number of carbonyl (C=O) groups excluding carboxylic acids is 2. The maximum Gasteiger partial charge on any atom is 0.258 e. The Morgan fingerprint density at radius 1 is 1.00 bits per heavy atom. The molecule has 2 aromatic carbocycles. The number of halogens is 1. The van der Waals surface area contributed by atoms with Gasteiger partial charge in [-0.3, -0.25) is 4.79 Å². The summed E-state index contributed by atoms with van der Waals surface area (Å²) >= 11 is 0. The third-order valence-electron chi connectivity index (χ3n) is 3.46. The highest BCUT2D eigenvalue weighted by Gasteiger charge is 2.04. The largest absolute Gasteiger partial charge is 0.484 e. The van der Waals surface area contributed by atoms with Crippen molar-refractivity contribution in [3.05, 3.63) is 65.5 Å². The summed E-state index contributed by atoms with van der Waals surface area (Å²) in [4.78, 5) is 22.7. The maximum atomic E-state index is 12.8. The van der Waals surface area contributed by atoms with Gasteiger partial charge in [-0.2, -0.15) is 0 Å². The molecule has 0 spiro atoms. The van der Waals surface area contributed by atoms with Crippen molar-refractivity contribution < 1.29 is 18.7 Å². The molecule has 0 aliphatic rings. The summed E-state index contributed by atoms with van der Waals surface area (Å²) in [6.07, 6.45) is 1.22. The molecular formula is C19H20FNO3. The fourth-order valence-corrected chi connectivity index (χ4v) is 2.08. The van der Waals surface area contributed by atoms with E-state index in [-0.39, 0.29) is 24.1 Å². The van der Waals surface area contributed by atoms with Gasteiger partial charge in [-0.05, 0) is 48.7 Å². The molecule has 0 heterocycles. The summed E-state index contributed by atoms with van der Waals surface area (Å²) in [7, 11) is 0. The first-order valence-electron chi connectivity index (χ1n) is 7.75. The van der Waals surface area contributed by atoms with Crippen molar-refractivity contribution in [1.82, 2.24) is 5.32 Å². The lowest BCUT2D eigenvalue weighted by molar-refractivity contribution is -0.123. The number of benzene rings is 2. The highest BCUT2D eigenvalue weighted by Crippen LogP contribution is 2.13. The number of amides is 1. The summed E-state index contributed by atoms with van der Waals surface area (Å²) < 4.78 is 18.2. The van der Waals surface area contributed by atoms with Gasteiger partial charge in [-0.1, -0.05) is 24.3 Å². The van der Waals surface area contributed by atoms with E-state index in [9.17, 15) is 14.0 Å². The van der Waals surface area contributed by atoms with E-state index in [0.29, 0.717) is 25.1 Å². The van der Waals surface area contributed by atoms with Crippen LogP contribution in [0.4, 0.5) is 4.39 Å². The number of hydrogen-bond acceptors (Lipinski definition) is 3. The average Bonchev–Trinajstić information content (AvgIpc) is 2.58. The Hall–Kier alpha value is -2.69. The number of nitrogens with one attached hydrogen (secondary N) is 1. The maximum absolute atomic E-state index is 12.8. The van der Waals surface area contributed by atoms with Crippen LogP contribution in [0, 0.1) is 5.82 Å². The molecule has 0 aliphatic heterocycles. The van der Waals surface area contributed by atoms with Crippen LogP contribution >= 0.6 is 0 Å². The molecule has 0 atom stereocenters. The van der Waals surface area contributed by atoms with Crippen molar-refractivity contribution in [3.63, 3.8) is 0 Å². The zero-order valence-electron chi connectivity index (χ0n) is 13.5. The van der Waals surface area contributed by atoms with E-state index in [4.69, 9.17) is 4.74 Å². The number of carbonyl (C=O) groups is 2. The summed E-state index contributed by atoms with van der Waals surface area (Å²) in [5.41, 5.74) is 1.87. The van der Waals surface area contributed by atoms with Crippen LogP contribution in [-0.4, -0.2) is 18.3 Å². The van der Waals surface area contributed by atoms with Gasteiger partial charge in [0.25, 0.3) is 5.91 Å². The van der Waals surface area contributed by atoms with Crippen LogP contribution in [0.3, 0.4) is 0 Å². The van der Waals surface area contributed by atoms with Crippen LogP contribution in [-0.2, 0) is 22.6 Å². The number of hydrogen-bond donors (Lipinski definition) is 1. The van der Waals surface area contributed by atoms with Crippen molar-refractivity contribution >= 4 is 11.7 Å².